The summed E-state index contributed by atoms with van der Waals surface area (Å²) in [6.45, 7) is 2.40. The molecule has 1 N–H and O–H groups in total. The van der Waals surface area contributed by atoms with Crippen LogP contribution in [0.3, 0.4) is 0 Å². The minimum absolute atomic E-state index is 0.0865. The van der Waals surface area contributed by atoms with Gasteiger partial charge < -0.3 is 24.4 Å². The summed E-state index contributed by atoms with van der Waals surface area (Å²) in [5, 5.41) is 2.77. The van der Waals surface area contributed by atoms with Crippen molar-refractivity contribution in [2.24, 2.45) is 0 Å². The largest absolute Gasteiger partial charge is 0.469 e. The fraction of sp³-hybridized carbons (Fsp3) is 0.762. The zero-order valence-corrected chi connectivity index (χ0v) is 19.1. The van der Waals surface area contributed by atoms with Crippen LogP contribution in [0.25, 0.3) is 0 Å². The predicted molar refractivity (Wildman–Crippen MR) is 112 cm³/mol. The second-order valence-corrected chi connectivity index (χ2v) is 6.97. The van der Waals surface area contributed by atoms with Crippen molar-refractivity contribution in [2.75, 3.05) is 34.4 Å². The molecule has 0 aromatic carbocycles. The van der Waals surface area contributed by atoms with Gasteiger partial charge in [-0.1, -0.05) is 13.3 Å². The monoisotopic (exact) mass is 444 g/mol. The number of hydrogen-bond acceptors (Lipinski definition) is 8. The summed E-state index contributed by atoms with van der Waals surface area (Å²) in [6.07, 6.45) is 2.70. The van der Waals surface area contributed by atoms with E-state index < -0.39 is 18.0 Å². The maximum Gasteiger partial charge on any atom is 0.305 e. The number of ether oxygens (including phenoxy) is 3. The van der Waals surface area contributed by atoms with Gasteiger partial charge in [-0.05, 0) is 25.7 Å². The van der Waals surface area contributed by atoms with Gasteiger partial charge in [0.15, 0.2) is 0 Å². The van der Waals surface area contributed by atoms with Crippen LogP contribution in [0.2, 0.25) is 0 Å². The minimum atomic E-state index is -0.702. The van der Waals surface area contributed by atoms with E-state index in [1.54, 1.807) is 0 Å². The second-order valence-electron chi connectivity index (χ2n) is 6.97. The van der Waals surface area contributed by atoms with Crippen LogP contribution >= 0.6 is 0 Å². The van der Waals surface area contributed by atoms with Crippen molar-refractivity contribution in [1.29, 1.82) is 0 Å². The molecule has 0 saturated heterocycles. The van der Waals surface area contributed by atoms with Gasteiger partial charge in [0.05, 0.1) is 21.3 Å². The highest BCUT2D eigenvalue weighted by Gasteiger charge is 2.28. The Bertz CT molecular complexity index is 594. The van der Waals surface area contributed by atoms with E-state index >= 15 is 0 Å². The molecule has 0 bridgehead atoms. The van der Waals surface area contributed by atoms with Crippen LogP contribution in [-0.2, 0) is 38.2 Å². The Morgan fingerprint density at radius 1 is 0.774 bits per heavy atom. The van der Waals surface area contributed by atoms with Gasteiger partial charge in [0.25, 0.3) is 0 Å². The third kappa shape index (κ3) is 12.6. The lowest BCUT2D eigenvalue weighted by molar-refractivity contribution is -0.144. The lowest BCUT2D eigenvalue weighted by Crippen LogP contribution is -2.50. The topological polar surface area (TPSA) is 128 Å². The Kier molecular flexibility index (Phi) is 15.6. The van der Waals surface area contributed by atoms with E-state index in [1.165, 1.54) is 26.2 Å². The highest BCUT2D eigenvalue weighted by molar-refractivity contribution is 5.88. The Hall–Kier alpha value is -2.65. The molecule has 0 rings (SSSR count). The van der Waals surface area contributed by atoms with Gasteiger partial charge >= 0.3 is 17.9 Å². The number of esters is 3. The summed E-state index contributed by atoms with van der Waals surface area (Å²) in [5.74, 6) is -1.73. The Balaban J connectivity index is 5.09. The highest BCUT2D eigenvalue weighted by atomic mass is 16.5. The van der Waals surface area contributed by atoms with Crippen molar-refractivity contribution in [3.05, 3.63) is 0 Å². The standard InChI is InChI=1S/C21H36N2O8/c1-5-9-16(21(28)22-14-7-12-19(26)30-3)23(15-8-13-20(27)31-4)17(24)10-6-11-18(25)29-2/h16H,5-15H2,1-4H3,(H,22,28). The third-order valence-corrected chi connectivity index (χ3v) is 4.65. The fourth-order valence-electron chi connectivity index (χ4n) is 2.95. The molecule has 2 amide bonds. The maximum absolute atomic E-state index is 12.9. The van der Waals surface area contributed by atoms with Crippen molar-refractivity contribution in [2.45, 2.75) is 70.8 Å². The molecule has 0 aromatic rings. The first kappa shape index (κ1) is 28.4. The molecule has 10 nitrogen and oxygen atoms in total. The minimum Gasteiger partial charge on any atom is -0.469 e. The molecule has 0 spiro atoms. The first-order valence-corrected chi connectivity index (χ1v) is 10.6. The van der Waals surface area contributed by atoms with Gasteiger partial charge in [0.1, 0.15) is 6.04 Å². The first-order chi connectivity index (χ1) is 14.8. The van der Waals surface area contributed by atoms with Crippen molar-refractivity contribution in [1.82, 2.24) is 10.2 Å². The van der Waals surface area contributed by atoms with Crippen LogP contribution in [-0.4, -0.2) is 75.1 Å². The molecule has 0 aliphatic heterocycles. The molecule has 10 heteroatoms. The summed E-state index contributed by atoms with van der Waals surface area (Å²) in [6, 6.07) is -0.702. The van der Waals surface area contributed by atoms with E-state index in [-0.39, 0.29) is 56.6 Å². The molecular formula is C21H36N2O8. The quantitative estimate of drug-likeness (QED) is 0.215. The summed E-state index contributed by atoms with van der Waals surface area (Å²) in [5.41, 5.74) is 0. The van der Waals surface area contributed by atoms with E-state index in [0.717, 1.165) is 0 Å². The number of carbonyl (C=O) groups is 5. The van der Waals surface area contributed by atoms with Crippen LogP contribution in [0.4, 0.5) is 0 Å². The molecule has 0 aliphatic rings. The summed E-state index contributed by atoms with van der Waals surface area (Å²) in [4.78, 5) is 61.1. The lowest BCUT2D eigenvalue weighted by atomic mass is 10.1. The van der Waals surface area contributed by atoms with Gasteiger partial charge in [0.2, 0.25) is 11.8 Å². The smallest absolute Gasteiger partial charge is 0.305 e. The van der Waals surface area contributed by atoms with Crippen molar-refractivity contribution < 1.29 is 38.2 Å². The van der Waals surface area contributed by atoms with Gasteiger partial charge in [-0.2, -0.15) is 0 Å². The van der Waals surface area contributed by atoms with E-state index in [4.69, 9.17) is 0 Å². The summed E-state index contributed by atoms with van der Waals surface area (Å²) < 4.78 is 13.8. The molecule has 0 aliphatic carbocycles. The highest BCUT2D eigenvalue weighted by Crippen LogP contribution is 2.14. The molecule has 0 aromatic heterocycles. The molecule has 31 heavy (non-hydrogen) atoms. The van der Waals surface area contributed by atoms with Crippen LogP contribution in [0.5, 0.6) is 0 Å². The van der Waals surface area contributed by atoms with Crippen LogP contribution in [0, 0.1) is 0 Å². The molecule has 0 fully saturated rings. The van der Waals surface area contributed by atoms with Crippen molar-refractivity contribution in [3.8, 4) is 0 Å². The number of carbonyl (C=O) groups excluding carboxylic acids is 5. The van der Waals surface area contributed by atoms with Crippen LogP contribution in [0.15, 0.2) is 0 Å². The maximum atomic E-state index is 12.9. The van der Waals surface area contributed by atoms with E-state index in [2.05, 4.69) is 19.5 Å². The third-order valence-electron chi connectivity index (χ3n) is 4.65. The molecule has 1 atom stereocenters. The van der Waals surface area contributed by atoms with E-state index in [0.29, 0.717) is 32.1 Å². The molecule has 0 radical (unpaired) electrons. The zero-order valence-electron chi connectivity index (χ0n) is 19.1. The molecule has 0 heterocycles. The van der Waals surface area contributed by atoms with Crippen LogP contribution in [0.1, 0.15) is 64.7 Å². The van der Waals surface area contributed by atoms with E-state index in [1.807, 2.05) is 6.92 Å². The van der Waals surface area contributed by atoms with Gasteiger partial charge in [0, 0.05) is 38.8 Å². The zero-order chi connectivity index (χ0) is 23.6. The average Bonchev–Trinajstić information content (AvgIpc) is 2.77. The number of nitrogens with one attached hydrogen (secondary N) is 1. The Labute approximate surface area is 183 Å². The van der Waals surface area contributed by atoms with Crippen molar-refractivity contribution >= 4 is 29.7 Å². The summed E-state index contributed by atoms with van der Waals surface area (Å²) >= 11 is 0. The second kappa shape index (κ2) is 17.1. The van der Waals surface area contributed by atoms with Crippen LogP contribution < -0.4 is 5.32 Å². The number of nitrogens with zero attached hydrogens (tertiary/aromatic N) is 1. The Morgan fingerprint density at radius 2 is 1.29 bits per heavy atom. The number of methoxy groups -OCH3 is 3. The number of hydrogen-bond donors (Lipinski definition) is 1. The van der Waals surface area contributed by atoms with Gasteiger partial charge in [-0.15, -0.1) is 0 Å². The number of rotatable bonds is 16. The fourth-order valence-corrected chi connectivity index (χ4v) is 2.95. The molecule has 178 valence electrons. The molecular weight excluding hydrogens is 408 g/mol. The molecule has 0 saturated carbocycles. The average molecular weight is 445 g/mol. The van der Waals surface area contributed by atoms with Gasteiger partial charge in [-0.25, -0.2) is 0 Å². The summed E-state index contributed by atoms with van der Waals surface area (Å²) in [7, 11) is 3.88. The Morgan fingerprint density at radius 3 is 1.81 bits per heavy atom. The molecule has 1 unspecified atom stereocenters. The van der Waals surface area contributed by atoms with Crippen molar-refractivity contribution in [3.63, 3.8) is 0 Å². The van der Waals surface area contributed by atoms with E-state index in [9.17, 15) is 24.0 Å². The number of amides is 2. The lowest BCUT2D eigenvalue weighted by Gasteiger charge is -2.31. The predicted octanol–water partition coefficient (Wildman–Crippen LogP) is 1.35. The first-order valence-electron chi connectivity index (χ1n) is 10.6. The normalized spacial score (nSPS) is 11.2. The SMILES string of the molecule is CCCC(C(=O)NCCCC(=O)OC)N(CCCC(=O)OC)C(=O)CCCC(=O)OC. The van der Waals surface area contributed by atoms with Gasteiger partial charge in [-0.3, -0.25) is 24.0 Å².